The van der Waals surface area contributed by atoms with Gasteiger partial charge < -0.3 is 10.2 Å². The molecule has 0 aromatic rings. The number of aliphatic hydroxyl groups is 2. The molecule has 2 N–H and O–H groups in total. The minimum absolute atomic E-state index is 0.0173. The molecular formula is C15H26O2. The summed E-state index contributed by atoms with van der Waals surface area (Å²) in [6, 6.07) is 0. The summed E-state index contributed by atoms with van der Waals surface area (Å²) < 4.78 is 0. The van der Waals surface area contributed by atoms with Crippen molar-refractivity contribution in [1.82, 2.24) is 0 Å². The Labute approximate surface area is 105 Å². The second kappa shape index (κ2) is 4.10. The number of allylic oxidation sites excluding steroid dienone is 1. The number of hydrogen-bond acceptors (Lipinski definition) is 2. The number of hydrogen-bond donors (Lipinski definition) is 2. The Morgan fingerprint density at radius 2 is 2.00 bits per heavy atom. The van der Waals surface area contributed by atoms with E-state index in [9.17, 15) is 10.2 Å². The normalized spacial score (nSPS) is 46.6. The smallest absolute Gasteiger partial charge is 0.0728 e. The van der Waals surface area contributed by atoms with Crippen molar-refractivity contribution in [3.63, 3.8) is 0 Å². The first kappa shape index (κ1) is 13.1. The van der Waals surface area contributed by atoms with E-state index in [-0.39, 0.29) is 17.3 Å². The van der Waals surface area contributed by atoms with Crippen LogP contribution >= 0.6 is 0 Å². The third-order valence-corrected chi connectivity index (χ3v) is 5.22. The van der Waals surface area contributed by atoms with E-state index in [1.54, 1.807) is 0 Å². The molecular weight excluding hydrogens is 212 g/mol. The zero-order valence-electron chi connectivity index (χ0n) is 11.5. The highest BCUT2D eigenvalue weighted by atomic mass is 16.3. The van der Waals surface area contributed by atoms with Gasteiger partial charge in [0, 0.05) is 5.92 Å². The topological polar surface area (TPSA) is 40.5 Å². The third kappa shape index (κ3) is 1.96. The molecule has 0 aliphatic heterocycles. The lowest BCUT2D eigenvalue weighted by molar-refractivity contribution is -0.108. The minimum atomic E-state index is -0.688. The summed E-state index contributed by atoms with van der Waals surface area (Å²) in [6.07, 6.45) is 5.43. The molecule has 0 aromatic carbocycles. The quantitative estimate of drug-likeness (QED) is 0.690. The van der Waals surface area contributed by atoms with Crippen LogP contribution in [0.2, 0.25) is 0 Å². The first-order valence-electron chi connectivity index (χ1n) is 6.86. The average molecular weight is 238 g/mol. The van der Waals surface area contributed by atoms with Crippen molar-refractivity contribution in [3.05, 3.63) is 11.6 Å². The summed E-state index contributed by atoms with van der Waals surface area (Å²) in [5.74, 6) is 0.228. The molecule has 2 heteroatoms. The van der Waals surface area contributed by atoms with Crippen molar-refractivity contribution in [1.29, 1.82) is 0 Å². The fourth-order valence-electron chi connectivity index (χ4n) is 4.01. The molecule has 0 amide bonds. The van der Waals surface area contributed by atoms with Gasteiger partial charge >= 0.3 is 0 Å². The number of fused-ring (bicyclic) bond motifs is 1. The van der Waals surface area contributed by atoms with Crippen LogP contribution in [0.3, 0.4) is 0 Å². The maximum absolute atomic E-state index is 10.9. The molecule has 2 nitrogen and oxygen atoms in total. The van der Waals surface area contributed by atoms with Crippen molar-refractivity contribution in [2.24, 2.45) is 17.3 Å². The van der Waals surface area contributed by atoms with Crippen LogP contribution in [0.5, 0.6) is 0 Å². The van der Waals surface area contributed by atoms with Crippen molar-refractivity contribution >= 4 is 0 Å². The van der Waals surface area contributed by atoms with Crippen molar-refractivity contribution in [2.45, 2.75) is 65.1 Å². The predicted octanol–water partition coefficient (Wildman–Crippen LogP) is 2.89. The largest absolute Gasteiger partial charge is 0.392 e. The van der Waals surface area contributed by atoms with Crippen molar-refractivity contribution in [3.8, 4) is 0 Å². The lowest BCUT2D eigenvalue weighted by Crippen LogP contribution is -2.48. The van der Waals surface area contributed by atoms with Crippen molar-refractivity contribution in [2.75, 3.05) is 0 Å². The molecule has 2 aliphatic carbocycles. The summed E-state index contributed by atoms with van der Waals surface area (Å²) in [5, 5.41) is 21.4. The standard InChI is InChI=1S/C15H26O2/c1-10(2)15(17)8-7-14(4)6-5-11(3)9-12(16)13(14)15/h5,10,12-13,16-17H,6-9H2,1-4H3/t12-,13+,14-,15+/m0/s1. The average Bonchev–Trinajstić information content (AvgIpc) is 2.44. The van der Waals surface area contributed by atoms with Crippen LogP contribution in [0.1, 0.15) is 53.4 Å². The first-order valence-corrected chi connectivity index (χ1v) is 6.86. The van der Waals surface area contributed by atoms with E-state index in [1.807, 2.05) is 0 Å². The predicted molar refractivity (Wildman–Crippen MR) is 69.6 cm³/mol. The van der Waals surface area contributed by atoms with Gasteiger partial charge in [0.25, 0.3) is 0 Å². The lowest BCUT2D eigenvalue weighted by atomic mass is 9.68. The highest BCUT2D eigenvalue weighted by molar-refractivity contribution is 5.16. The Hall–Kier alpha value is -0.340. The van der Waals surface area contributed by atoms with Gasteiger partial charge in [0.05, 0.1) is 11.7 Å². The van der Waals surface area contributed by atoms with E-state index >= 15 is 0 Å². The van der Waals surface area contributed by atoms with Gasteiger partial charge in [0.1, 0.15) is 0 Å². The SMILES string of the molecule is CC1=CC[C@@]2(C)CC[C@@](O)(C(C)C)[C@@H]2[C@@H](O)C1. The third-order valence-electron chi connectivity index (χ3n) is 5.22. The minimum Gasteiger partial charge on any atom is -0.392 e. The monoisotopic (exact) mass is 238 g/mol. The maximum Gasteiger partial charge on any atom is 0.0728 e. The van der Waals surface area contributed by atoms with Crippen LogP contribution in [0.25, 0.3) is 0 Å². The summed E-state index contributed by atoms with van der Waals surface area (Å²) in [5.41, 5.74) is 0.641. The van der Waals surface area contributed by atoms with Gasteiger partial charge in [-0.15, -0.1) is 0 Å². The van der Waals surface area contributed by atoms with E-state index in [1.165, 1.54) is 5.57 Å². The van der Waals surface area contributed by atoms with Crippen molar-refractivity contribution < 1.29 is 10.2 Å². The van der Waals surface area contributed by atoms with E-state index < -0.39 is 11.7 Å². The Morgan fingerprint density at radius 3 is 2.59 bits per heavy atom. The summed E-state index contributed by atoms with van der Waals surface area (Å²) >= 11 is 0. The van der Waals surface area contributed by atoms with Crippen LogP contribution in [0.4, 0.5) is 0 Å². The Morgan fingerprint density at radius 1 is 1.35 bits per heavy atom. The fraction of sp³-hybridized carbons (Fsp3) is 0.867. The van der Waals surface area contributed by atoms with Crippen LogP contribution in [-0.2, 0) is 0 Å². The fourth-order valence-corrected chi connectivity index (χ4v) is 4.01. The summed E-state index contributed by atoms with van der Waals surface area (Å²) in [6.45, 7) is 8.46. The van der Waals surface area contributed by atoms with Gasteiger partial charge in [-0.25, -0.2) is 0 Å². The van der Waals surface area contributed by atoms with Gasteiger partial charge in [-0.2, -0.15) is 0 Å². The number of rotatable bonds is 1. The molecule has 1 fully saturated rings. The second-order valence-electron chi connectivity index (χ2n) is 6.80. The molecule has 0 spiro atoms. The maximum atomic E-state index is 10.9. The van der Waals surface area contributed by atoms with Crippen LogP contribution in [0, 0.1) is 17.3 Å². The molecule has 2 aliphatic rings. The van der Waals surface area contributed by atoms with Gasteiger partial charge in [0.15, 0.2) is 0 Å². The molecule has 0 bridgehead atoms. The zero-order valence-corrected chi connectivity index (χ0v) is 11.5. The Kier molecular flexibility index (Phi) is 3.16. The number of aliphatic hydroxyl groups excluding tert-OH is 1. The van der Waals surface area contributed by atoms with E-state index in [2.05, 4.69) is 33.8 Å². The van der Waals surface area contributed by atoms with Gasteiger partial charge in [-0.05, 0) is 43.9 Å². The van der Waals surface area contributed by atoms with Crippen LogP contribution in [-0.4, -0.2) is 21.9 Å². The van der Waals surface area contributed by atoms with Crippen LogP contribution < -0.4 is 0 Å². The highest BCUT2D eigenvalue weighted by Crippen LogP contribution is 2.57. The molecule has 4 atom stereocenters. The first-order chi connectivity index (χ1) is 7.79. The second-order valence-corrected chi connectivity index (χ2v) is 6.80. The molecule has 0 heterocycles. The summed E-state index contributed by atoms with van der Waals surface area (Å²) in [4.78, 5) is 0. The molecule has 0 aromatic heterocycles. The molecule has 17 heavy (non-hydrogen) atoms. The van der Waals surface area contributed by atoms with E-state index in [4.69, 9.17) is 0 Å². The lowest BCUT2D eigenvalue weighted by Gasteiger charge is -2.42. The van der Waals surface area contributed by atoms with E-state index in [0.29, 0.717) is 0 Å². The Bertz CT molecular complexity index is 334. The molecule has 0 saturated heterocycles. The molecule has 1 saturated carbocycles. The van der Waals surface area contributed by atoms with Gasteiger partial charge in [0.2, 0.25) is 0 Å². The molecule has 98 valence electrons. The molecule has 0 radical (unpaired) electrons. The highest BCUT2D eigenvalue weighted by Gasteiger charge is 2.57. The Balaban J connectivity index is 2.38. The van der Waals surface area contributed by atoms with Gasteiger partial charge in [-0.3, -0.25) is 0 Å². The molecule has 2 rings (SSSR count). The van der Waals surface area contributed by atoms with E-state index in [0.717, 1.165) is 25.7 Å². The molecule has 0 unspecified atom stereocenters. The van der Waals surface area contributed by atoms with Gasteiger partial charge in [-0.1, -0.05) is 32.4 Å². The van der Waals surface area contributed by atoms with Crippen LogP contribution in [0.15, 0.2) is 11.6 Å². The zero-order chi connectivity index (χ0) is 12.8. The summed E-state index contributed by atoms with van der Waals surface area (Å²) in [7, 11) is 0.